The molecule has 0 atom stereocenters. The van der Waals surface area contributed by atoms with Crippen molar-refractivity contribution in [3.8, 4) is 11.5 Å². The second kappa shape index (κ2) is 9.27. The largest absolute Gasteiger partial charge is 0.486 e. The first-order valence-electron chi connectivity index (χ1n) is 7.64. The van der Waals surface area contributed by atoms with E-state index in [1.165, 1.54) is 0 Å². The molecule has 2 rings (SSSR count). The third-order valence-electron chi connectivity index (χ3n) is 3.35. The lowest BCUT2D eigenvalue weighted by molar-refractivity contribution is -0.121. The van der Waals surface area contributed by atoms with Crippen molar-refractivity contribution in [3.05, 3.63) is 23.8 Å². The molecule has 0 fully saturated rings. The minimum atomic E-state index is 0.0587. The number of rotatable bonds is 9. The molecule has 0 aromatic heterocycles. The summed E-state index contributed by atoms with van der Waals surface area (Å²) in [6.07, 6.45) is 1.16. The van der Waals surface area contributed by atoms with Crippen LogP contribution in [0, 0.1) is 0 Å². The van der Waals surface area contributed by atoms with Crippen LogP contribution >= 0.6 is 0 Å². The van der Waals surface area contributed by atoms with E-state index in [0.29, 0.717) is 39.2 Å². The number of carbonyl (C=O) groups is 1. The van der Waals surface area contributed by atoms with E-state index in [-0.39, 0.29) is 5.91 Å². The van der Waals surface area contributed by atoms with Gasteiger partial charge in [0.25, 0.3) is 0 Å². The normalized spacial score (nSPS) is 13.0. The van der Waals surface area contributed by atoms with Crippen LogP contribution in [0.25, 0.3) is 0 Å². The van der Waals surface area contributed by atoms with Gasteiger partial charge in [0.1, 0.15) is 13.2 Å². The minimum absolute atomic E-state index is 0.0587. The highest BCUT2D eigenvalue weighted by Gasteiger charge is 2.12. The van der Waals surface area contributed by atoms with Crippen LogP contribution in [0.2, 0.25) is 0 Å². The van der Waals surface area contributed by atoms with Gasteiger partial charge in [-0.25, -0.2) is 0 Å². The molecular formula is C16H24N2O4. The minimum Gasteiger partial charge on any atom is -0.486 e. The van der Waals surface area contributed by atoms with Crippen LogP contribution in [-0.4, -0.2) is 52.5 Å². The summed E-state index contributed by atoms with van der Waals surface area (Å²) in [5.41, 5.74) is 1.08. The standard InChI is InChI=1S/C16H24N2O4/c1-20-9-8-17-6-7-18-16(19)5-3-13-2-4-14-15(12-13)22-11-10-21-14/h2,4,12,17H,3,5-11H2,1H3,(H,18,19). The Labute approximate surface area is 131 Å². The Morgan fingerprint density at radius 1 is 1.18 bits per heavy atom. The first-order valence-corrected chi connectivity index (χ1v) is 7.64. The lowest BCUT2D eigenvalue weighted by atomic mass is 10.1. The Kier molecular flexibility index (Phi) is 6.99. The molecular weight excluding hydrogens is 284 g/mol. The number of nitrogens with one attached hydrogen (secondary N) is 2. The molecule has 1 aromatic rings. The van der Waals surface area contributed by atoms with Gasteiger partial charge in [-0.3, -0.25) is 4.79 Å². The van der Waals surface area contributed by atoms with Crippen LogP contribution in [0.1, 0.15) is 12.0 Å². The summed E-state index contributed by atoms with van der Waals surface area (Å²) in [4.78, 5) is 11.8. The molecule has 1 amide bonds. The Hall–Kier alpha value is -1.79. The van der Waals surface area contributed by atoms with Gasteiger partial charge in [-0.15, -0.1) is 0 Å². The summed E-state index contributed by atoms with van der Waals surface area (Å²) in [5, 5.41) is 6.07. The van der Waals surface area contributed by atoms with Crippen LogP contribution in [0.15, 0.2) is 18.2 Å². The number of fused-ring (bicyclic) bond motifs is 1. The first kappa shape index (κ1) is 16.6. The molecule has 0 aliphatic carbocycles. The van der Waals surface area contributed by atoms with E-state index in [9.17, 15) is 4.79 Å². The smallest absolute Gasteiger partial charge is 0.220 e. The van der Waals surface area contributed by atoms with E-state index in [4.69, 9.17) is 14.2 Å². The topological polar surface area (TPSA) is 68.8 Å². The lowest BCUT2D eigenvalue weighted by Gasteiger charge is -2.18. The van der Waals surface area contributed by atoms with E-state index >= 15 is 0 Å². The van der Waals surface area contributed by atoms with Crippen LogP contribution in [-0.2, 0) is 16.0 Å². The summed E-state index contributed by atoms with van der Waals surface area (Å²) in [6.45, 7) is 4.02. The number of ether oxygens (including phenoxy) is 3. The zero-order valence-corrected chi connectivity index (χ0v) is 13.0. The van der Waals surface area contributed by atoms with Gasteiger partial charge in [-0.1, -0.05) is 6.07 Å². The van der Waals surface area contributed by atoms with Crippen molar-refractivity contribution in [1.82, 2.24) is 10.6 Å². The molecule has 2 N–H and O–H groups in total. The predicted molar refractivity (Wildman–Crippen MR) is 83.5 cm³/mol. The predicted octanol–water partition coefficient (Wildman–Crippen LogP) is 0.743. The van der Waals surface area contributed by atoms with Crippen molar-refractivity contribution in [2.45, 2.75) is 12.8 Å². The van der Waals surface area contributed by atoms with Gasteiger partial charge in [-0.05, 0) is 24.1 Å². The molecule has 6 heteroatoms. The second-order valence-electron chi connectivity index (χ2n) is 5.07. The summed E-state index contributed by atoms with van der Waals surface area (Å²) in [7, 11) is 1.67. The van der Waals surface area contributed by atoms with E-state index in [1.54, 1.807) is 7.11 Å². The molecule has 1 aromatic carbocycles. The average Bonchev–Trinajstić information content (AvgIpc) is 2.56. The maximum Gasteiger partial charge on any atom is 0.220 e. The highest BCUT2D eigenvalue weighted by molar-refractivity contribution is 5.76. The summed E-state index contributed by atoms with van der Waals surface area (Å²) in [6, 6.07) is 5.84. The maximum atomic E-state index is 11.8. The molecule has 22 heavy (non-hydrogen) atoms. The van der Waals surface area contributed by atoms with Crippen molar-refractivity contribution in [2.75, 3.05) is 46.6 Å². The molecule has 0 radical (unpaired) electrons. The molecule has 6 nitrogen and oxygen atoms in total. The fraction of sp³-hybridized carbons (Fsp3) is 0.562. The number of hydrogen-bond acceptors (Lipinski definition) is 5. The van der Waals surface area contributed by atoms with Crippen LogP contribution < -0.4 is 20.1 Å². The molecule has 0 bridgehead atoms. The summed E-state index contributed by atoms with van der Waals surface area (Å²) >= 11 is 0. The van der Waals surface area contributed by atoms with E-state index < -0.39 is 0 Å². The van der Waals surface area contributed by atoms with Crippen LogP contribution in [0.3, 0.4) is 0 Å². The fourth-order valence-corrected chi connectivity index (χ4v) is 2.18. The van der Waals surface area contributed by atoms with Gasteiger partial charge in [0, 0.05) is 33.2 Å². The molecule has 0 saturated heterocycles. The third kappa shape index (κ3) is 5.54. The molecule has 1 aliphatic heterocycles. The van der Waals surface area contributed by atoms with Gasteiger partial charge >= 0.3 is 0 Å². The number of aryl methyl sites for hydroxylation is 1. The zero-order valence-electron chi connectivity index (χ0n) is 13.0. The Morgan fingerprint density at radius 3 is 2.82 bits per heavy atom. The lowest BCUT2D eigenvalue weighted by Crippen LogP contribution is -2.33. The molecule has 1 heterocycles. The molecule has 0 spiro atoms. The van der Waals surface area contributed by atoms with Gasteiger partial charge < -0.3 is 24.8 Å². The van der Waals surface area contributed by atoms with E-state index in [0.717, 1.165) is 30.2 Å². The summed E-state index contributed by atoms with van der Waals surface area (Å²) < 4.78 is 15.9. The maximum absolute atomic E-state index is 11.8. The van der Waals surface area contributed by atoms with Crippen molar-refractivity contribution in [1.29, 1.82) is 0 Å². The van der Waals surface area contributed by atoms with Crippen LogP contribution in [0.5, 0.6) is 11.5 Å². The van der Waals surface area contributed by atoms with Gasteiger partial charge in [0.15, 0.2) is 11.5 Å². The average molecular weight is 308 g/mol. The molecule has 0 unspecified atom stereocenters. The molecule has 0 saturated carbocycles. The number of amides is 1. The number of hydrogen-bond donors (Lipinski definition) is 2. The quantitative estimate of drug-likeness (QED) is 0.659. The van der Waals surface area contributed by atoms with Gasteiger partial charge in [-0.2, -0.15) is 0 Å². The molecule has 1 aliphatic rings. The van der Waals surface area contributed by atoms with Crippen molar-refractivity contribution in [3.63, 3.8) is 0 Å². The first-order chi connectivity index (χ1) is 10.8. The van der Waals surface area contributed by atoms with Gasteiger partial charge in [0.05, 0.1) is 6.61 Å². The Balaban J connectivity index is 1.64. The highest BCUT2D eigenvalue weighted by Crippen LogP contribution is 2.30. The highest BCUT2D eigenvalue weighted by atomic mass is 16.6. The number of methoxy groups -OCH3 is 1. The monoisotopic (exact) mass is 308 g/mol. The second-order valence-corrected chi connectivity index (χ2v) is 5.07. The SMILES string of the molecule is COCCNCCNC(=O)CCc1ccc2c(c1)OCCO2. The molecule has 122 valence electrons. The van der Waals surface area contributed by atoms with Crippen molar-refractivity contribution < 1.29 is 19.0 Å². The number of carbonyl (C=O) groups excluding carboxylic acids is 1. The zero-order chi connectivity index (χ0) is 15.6. The van der Waals surface area contributed by atoms with Crippen molar-refractivity contribution >= 4 is 5.91 Å². The van der Waals surface area contributed by atoms with E-state index in [2.05, 4.69) is 10.6 Å². The van der Waals surface area contributed by atoms with Crippen LogP contribution in [0.4, 0.5) is 0 Å². The van der Waals surface area contributed by atoms with E-state index in [1.807, 2.05) is 18.2 Å². The summed E-state index contributed by atoms with van der Waals surface area (Å²) in [5.74, 6) is 1.61. The Morgan fingerprint density at radius 2 is 2.00 bits per heavy atom. The van der Waals surface area contributed by atoms with Gasteiger partial charge in [0.2, 0.25) is 5.91 Å². The third-order valence-corrected chi connectivity index (χ3v) is 3.35. The number of benzene rings is 1. The Bertz CT molecular complexity index is 479. The fourth-order valence-electron chi connectivity index (χ4n) is 2.18. The van der Waals surface area contributed by atoms with Crippen molar-refractivity contribution in [2.24, 2.45) is 0 Å².